The summed E-state index contributed by atoms with van der Waals surface area (Å²) in [5.41, 5.74) is 3.08. The molecule has 0 bridgehead atoms. The van der Waals surface area contributed by atoms with Crippen molar-refractivity contribution in [3.63, 3.8) is 0 Å². The standard InChI is InChI=1S/C26H28N6O3/c1-33-23-5-3-18(13-19(23)14-27)22-7-10-28-26(29-22)31-24-6-4-21(25(30-24)34-2)17-8-11-32(12-9-17)20-15-35-16-20/h3-7,10,13,17,20H,8-9,11-12,15-16H2,1-2H3,(H,28,29,30,31). The molecule has 5 rings (SSSR count). The van der Waals surface area contributed by atoms with E-state index in [0.717, 1.165) is 50.3 Å². The number of nitriles is 1. The third kappa shape index (κ3) is 4.90. The van der Waals surface area contributed by atoms with Crippen molar-refractivity contribution in [2.75, 3.05) is 45.8 Å². The fourth-order valence-corrected chi connectivity index (χ4v) is 4.65. The molecule has 0 unspecified atom stereocenters. The summed E-state index contributed by atoms with van der Waals surface area (Å²) < 4.78 is 16.2. The third-order valence-corrected chi connectivity index (χ3v) is 6.70. The van der Waals surface area contributed by atoms with Crippen LogP contribution in [-0.2, 0) is 4.74 Å². The van der Waals surface area contributed by atoms with E-state index >= 15 is 0 Å². The van der Waals surface area contributed by atoms with Crippen molar-refractivity contribution in [2.45, 2.75) is 24.8 Å². The van der Waals surface area contributed by atoms with Gasteiger partial charge < -0.3 is 19.5 Å². The summed E-state index contributed by atoms with van der Waals surface area (Å²) in [5.74, 6) is 2.61. The summed E-state index contributed by atoms with van der Waals surface area (Å²) in [6.45, 7) is 3.86. The summed E-state index contributed by atoms with van der Waals surface area (Å²) in [4.78, 5) is 16.2. The van der Waals surface area contributed by atoms with E-state index in [1.54, 1.807) is 38.6 Å². The quantitative estimate of drug-likeness (QED) is 0.550. The van der Waals surface area contributed by atoms with Crippen LogP contribution >= 0.6 is 0 Å². The Bertz CT molecular complexity index is 1230. The number of nitrogens with zero attached hydrogens (tertiary/aromatic N) is 5. The SMILES string of the molecule is COc1ccc(-c2ccnc(Nc3ccc(C4CCN(C5COC5)CC4)c(OC)n3)n2)cc1C#N. The Labute approximate surface area is 204 Å². The highest BCUT2D eigenvalue weighted by Crippen LogP contribution is 2.35. The Morgan fingerprint density at radius 3 is 2.57 bits per heavy atom. The molecule has 0 radical (unpaired) electrons. The van der Waals surface area contributed by atoms with E-state index in [1.165, 1.54) is 0 Å². The van der Waals surface area contributed by atoms with E-state index < -0.39 is 0 Å². The van der Waals surface area contributed by atoms with Crippen molar-refractivity contribution in [3.05, 3.63) is 53.7 Å². The molecule has 3 aromatic rings. The zero-order valence-electron chi connectivity index (χ0n) is 19.9. The molecule has 0 amide bonds. The smallest absolute Gasteiger partial charge is 0.228 e. The summed E-state index contributed by atoms with van der Waals surface area (Å²) in [5, 5.41) is 12.6. The van der Waals surface area contributed by atoms with Gasteiger partial charge in [0.05, 0.1) is 44.7 Å². The normalized spacial score (nSPS) is 16.8. The lowest BCUT2D eigenvalue weighted by atomic mass is 9.89. The fourth-order valence-electron chi connectivity index (χ4n) is 4.65. The predicted molar refractivity (Wildman–Crippen MR) is 131 cm³/mol. The minimum Gasteiger partial charge on any atom is -0.495 e. The van der Waals surface area contributed by atoms with Crippen LogP contribution in [0.25, 0.3) is 11.3 Å². The first kappa shape index (κ1) is 23.0. The molecular weight excluding hydrogens is 444 g/mol. The second kappa shape index (κ2) is 10.3. The number of likely N-dealkylation sites (tertiary alicyclic amines) is 1. The summed E-state index contributed by atoms with van der Waals surface area (Å²) in [7, 11) is 3.20. The Balaban J connectivity index is 1.30. The van der Waals surface area contributed by atoms with E-state index in [-0.39, 0.29) is 0 Å². The van der Waals surface area contributed by atoms with Gasteiger partial charge in [-0.15, -0.1) is 0 Å². The average molecular weight is 473 g/mol. The maximum absolute atomic E-state index is 9.38. The molecule has 0 aliphatic carbocycles. The number of piperidine rings is 1. The van der Waals surface area contributed by atoms with Crippen LogP contribution in [-0.4, -0.2) is 66.4 Å². The number of pyridine rings is 1. The molecule has 35 heavy (non-hydrogen) atoms. The molecule has 9 heteroatoms. The number of rotatable bonds is 7. The predicted octanol–water partition coefficient (Wildman–Crippen LogP) is 3.75. The highest BCUT2D eigenvalue weighted by Gasteiger charge is 2.31. The van der Waals surface area contributed by atoms with Gasteiger partial charge in [0.25, 0.3) is 0 Å². The Morgan fingerprint density at radius 1 is 1.06 bits per heavy atom. The maximum Gasteiger partial charge on any atom is 0.228 e. The third-order valence-electron chi connectivity index (χ3n) is 6.70. The Kier molecular flexibility index (Phi) is 6.75. The summed E-state index contributed by atoms with van der Waals surface area (Å²) >= 11 is 0. The van der Waals surface area contributed by atoms with Gasteiger partial charge in [-0.3, -0.25) is 4.90 Å². The van der Waals surface area contributed by atoms with Crippen molar-refractivity contribution < 1.29 is 14.2 Å². The highest BCUT2D eigenvalue weighted by atomic mass is 16.5. The van der Waals surface area contributed by atoms with E-state index in [2.05, 4.69) is 37.3 Å². The Morgan fingerprint density at radius 2 is 1.89 bits per heavy atom. The fraction of sp³-hybridized carbons (Fsp3) is 0.385. The lowest BCUT2D eigenvalue weighted by molar-refractivity contribution is -0.0713. The summed E-state index contributed by atoms with van der Waals surface area (Å²) in [6, 6.07) is 14.0. The van der Waals surface area contributed by atoms with Gasteiger partial charge in [0.1, 0.15) is 17.6 Å². The zero-order valence-corrected chi connectivity index (χ0v) is 19.9. The van der Waals surface area contributed by atoms with Crippen molar-refractivity contribution in [3.8, 4) is 29.0 Å². The molecule has 2 aromatic heterocycles. The number of nitrogens with one attached hydrogen (secondary N) is 1. The molecule has 2 fully saturated rings. The molecule has 0 spiro atoms. The number of hydrogen-bond donors (Lipinski definition) is 1. The van der Waals surface area contributed by atoms with E-state index in [1.807, 2.05) is 12.1 Å². The van der Waals surface area contributed by atoms with Crippen LogP contribution in [0, 0.1) is 11.3 Å². The van der Waals surface area contributed by atoms with Crippen LogP contribution in [0.4, 0.5) is 11.8 Å². The molecular formula is C26H28N6O3. The molecule has 2 aliphatic heterocycles. The highest BCUT2D eigenvalue weighted by molar-refractivity contribution is 5.65. The van der Waals surface area contributed by atoms with E-state index in [9.17, 15) is 5.26 Å². The minimum absolute atomic E-state index is 0.412. The molecule has 2 aliphatic rings. The van der Waals surface area contributed by atoms with Crippen LogP contribution in [0.1, 0.15) is 29.9 Å². The van der Waals surface area contributed by atoms with Gasteiger partial charge in [0.15, 0.2) is 0 Å². The van der Waals surface area contributed by atoms with Gasteiger partial charge in [-0.25, -0.2) is 9.97 Å². The monoisotopic (exact) mass is 472 g/mol. The van der Waals surface area contributed by atoms with Crippen LogP contribution in [0.15, 0.2) is 42.6 Å². The zero-order chi connectivity index (χ0) is 24.2. The van der Waals surface area contributed by atoms with Gasteiger partial charge in [-0.2, -0.15) is 10.2 Å². The van der Waals surface area contributed by atoms with E-state index in [4.69, 9.17) is 14.2 Å². The van der Waals surface area contributed by atoms with Crippen LogP contribution < -0.4 is 14.8 Å². The van der Waals surface area contributed by atoms with Gasteiger partial charge in [-0.1, -0.05) is 0 Å². The second-order valence-corrected chi connectivity index (χ2v) is 8.71. The summed E-state index contributed by atoms with van der Waals surface area (Å²) in [6.07, 6.45) is 3.84. The number of ether oxygens (including phenoxy) is 3. The molecule has 9 nitrogen and oxygen atoms in total. The molecule has 0 atom stereocenters. The number of hydrogen-bond acceptors (Lipinski definition) is 9. The second-order valence-electron chi connectivity index (χ2n) is 8.71. The van der Waals surface area contributed by atoms with Crippen molar-refractivity contribution in [1.82, 2.24) is 19.9 Å². The topological polar surface area (TPSA) is 105 Å². The number of anilines is 2. The molecule has 1 N–H and O–H groups in total. The first-order valence-electron chi connectivity index (χ1n) is 11.7. The van der Waals surface area contributed by atoms with Crippen molar-refractivity contribution >= 4 is 11.8 Å². The maximum atomic E-state index is 9.38. The molecule has 180 valence electrons. The lowest BCUT2D eigenvalue weighted by Gasteiger charge is -2.41. The van der Waals surface area contributed by atoms with Gasteiger partial charge >= 0.3 is 0 Å². The number of aromatic nitrogens is 3. The van der Waals surface area contributed by atoms with Crippen LogP contribution in [0.3, 0.4) is 0 Å². The first-order chi connectivity index (χ1) is 17.2. The molecule has 0 saturated carbocycles. The largest absolute Gasteiger partial charge is 0.495 e. The van der Waals surface area contributed by atoms with Crippen molar-refractivity contribution in [1.29, 1.82) is 5.26 Å². The van der Waals surface area contributed by atoms with Crippen molar-refractivity contribution in [2.24, 2.45) is 0 Å². The lowest BCUT2D eigenvalue weighted by Crippen LogP contribution is -2.51. The van der Waals surface area contributed by atoms with E-state index in [0.29, 0.717) is 46.6 Å². The molecule has 2 saturated heterocycles. The minimum atomic E-state index is 0.412. The Hall–Kier alpha value is -3.74. The first-order valence-corrected chi connectivity index (χ1v) is 11.7. The molecule has 4 heterocycles. The van der Waals surface area contributed by atoms with Crippen LogP contribution in [0.5, 0.6) is 11.6 Å². The van der Waals surface area contributed by atoms with Gasteiger partial charge in [0, 0.05) is 17.3 Å². The number of methoxy groups -OCH3 is 2. The van der Waals surface area contributed by atoms with Gasteiger partial charge in [0.2, 0.25) is 11.8 Å². The average Bonchev–Trinajstić information content (AvgIpc) is 2.88. The van der Waals surface area contributed by atoms with Gasteiger partial charge in [-0.05, 0) is 68.2 Å². The van der Waals surface area contributed by atoms with Crippen LogP contribution in [0.2, 0.25) is 0 Å². The molecule has 1 aromatic carbocycles. The number of benzene rings is 1.